The van der Waals surface area contributed by atoms with Crippen LogP contribution in [0.3, 0.4) is 0 Å². The Morgan fingerprint density at radius 2 is 2.18 bits per heavy atom. The molecule has 0 amide bonds. The molecular weight excluding hydrogens is 253 g/mol. The molecule has 0 aliphatic carbocycles. The lowest BCUT2D eigenvalue weighted by molar-refractivity contribution is 0.209. The Labute approximate surface area is 108 Å². The maximum Gasteiger partial charge on any atom is 0.161 e. The first-order valence-electron chi connectivity index (χ1n) is 5.81. The first kappa shape index (κ1) is 13.2. The molecule has 1 fully saturated rings. The topological polar surface area (TPSA) is 32.7 Å². The van der Waals surface area contributed by atoms with Gasteiger partial charge in [-0.25, -0.2) is 4.67 Å². The second-order valence-corrected chi connectivity index (χ2v) is 8.10. The third-order valence-corrected chi connectivity index (χ3v) is 7.58. The first-order chi connectivity index (χ1) is 8.22. The van der Waals surface area contributed by atoms with Crippen LogP contribution in [0.4, 0.5) is 0 Å². The van der Waals surface area contributed by atoms with Crippen molar-refractivity contribution in [1.29, 1.82) is 0 Å². The van der Waals surface area contributed by atoms with Gasteiger partial charge in [-0.2, -0.15) is 0 Å². The Bertz CT molecular complexity index is 412. The van der Waals surface area contributed by atoms with E-state index in [4.69, 9.17) is 16.3 Å². The van der Waals surface area contributed by atoms with Crippen LogP contribution in [-0.2, 0) is 16.3 Å². The van der Waals surface area contributed by atoms with Gasteiger partial charge in [0.15, 0.2) is 6.42 Å². The SMILES string of the molecule is COP(=S)(c1ccccc1)N1CCC[C@H]1CO. The molecule has 0 saturated carbocycles. The largest absolute Gasteiger partial charge is 0.395 e. The highest BCUT2D eigenvalue weighted by Gasteiger charge is 2.36. The Hall–Kier alpha value is -0.250. The average Bonchev–Trinajstić information content (AvgIpc) is 2.87. The highest BCUT2D eigenvalue weighted by atomic mass is 32.4. The number of aliphatic hydroxyl groups excluding tert-OH is 1. The summed E-state index contributed by atoms with van der Waals surface area (Å²) in [4.78, 5) is 0. The quantitative estimate of drug-likeness (QED) is 0.845. The molecule has 94 valence electrons. The van der Waals surface area contributed by atoms with Crippen LogP contribution in [0.1, 0.15) is 12.8 Å². The van der Waals surface area contributed by atoms with E-state index in [1.165, 1.54) is 0 Å². The molecule has 2 atom stereocenters. The summed E-state index contributed by atoms with van der Waals surface area (Å²) < 4.78 is 7.87. The first-order valence-corrected chi connectivity index (χ1v) is 8.49. The van der Waals surface area contributed by atoms with Crippen LogP contribution < -0.4 is 5.30 Å². The zero-order chi connectivity index (χ0) is 12.3. The van der Waals surface area contributed by atoms with E-state index in [0.29, 0.717) is 0 Å². The molecule has 1 saturated heterocycles. The molecule has 0 radical (unpaired) electrons. The zero-order valence-corrected chi connectivity index (χ0v) is 11.7. The van der Waals surface area contributed by atoms with Gasteiger partial charge in [-0.1, -0.05) is 30.3 Å². The maximum absolute atomic E-state index is 9.42. The van der Waals surface area contributed by atoms with E-state index < -0.39 is 6.42 Å². The summed E-state index contributed by atoms with van der Waals surface area (Å²) in [6.45, 7) is 1.08. The lowest BCUT2D eigenvalue weighted by atomic mass is 10.2. The van der Waals surface area contributed by atoms with Crippen molar-refractivity contribution in [3.63, 3.8) is 0 Å². The number of rotatable bonds is 4. The van der Waals surface area contributed by atoms with Crippen molar-refractivity contribution >= 4 is 23.5 Å². The van der Waals surface area contributed by atoms with Crippen molar-refractivity contribution in [2.45, 2.75) is 18.9 Å². The second kappa shape index (κ2) is 5.59. The number of nitrogens with zero attached hydrogens (tertiary/aromatic N) is 1. The van der Waals surface area contributed by atoms with Gasteiger partial charge in [0.05, 0.1) is 6.61 Å². The maximum atomic E-state index is 9.42. The van der Waals surface area contributed by atoms with Crippen LogP contribution in [0, 0.1) is 0 Å². The molecule has 1 aliphatic rings. The van der Waals surface area contributed by atoms with E-state index in [-0.39, 0.29) is 12.6 Å². The standard InChI is InChI=1S/C12H18NO2PS/c1-15-16(17,12-7-3-2-4-8-12)13-9-5-6-11(13)10-14/h2-4,7-8,11,14H,5-6,9-10H2,1H3/t11-,16?/m0/s1. The molecular formula is C12H18NO2PS. The molecule has 0 aromatic heterocycles. The van der Waals surface area contributed by atoms with E-state index >= 15 is 0 Å². The molecule has 1 heterocycles. The van der Waals surface area contributed by atoms with Crippen molar-refractivity contribution in [3.8, 4) is 0 Å². The van der Waals surface area contributed by atoms with Crippen LogP contribution in [0.2, 0.25) is 0 Å². The predicted molar refractivity (Wildman–Crippen MR) is 74.2 cm³/mol. The second-order valence-electron chi connectivity index (χ2n) is 4.18. The lowest BCUT2D eigenvalue weighted by Crippen LogP contribution is -2.33. The molecule has 0 bridgehead atoms. The van der Waals surface area contributed by atoms with Crippen LogP contribution in [0.15, 0.2) is 30.3 Å². The fourth-order valence-electron chi connectivity index (χ4n) is 2.33. The Morgan fingerprint density at radius 1 is 1.47 bits per heavy atom. The van der Waals surface area contributed by atoms with Gasteiger partial charge >= 0.3 is 0 Å². The molecule has 1 N–H and O–H groups in total. The van der Waals surface area contributed by atoms with Crippen molar-refractivity contribution in [3.05, 3.63) is 30.3 Å². The summed E-state index contributed by atoms with van der Waals surface area (Å²) in [7, 11) is 1.68. The minimum atomic E-state index is -2.17. The van der Waals surface area contributed by atoms with Crippen LogP contribution in [0.25, 0.3) is 0 Å². The number of hydrogen-bond acceptors (Lipinski definition) is 3. The lowest BCUT2D eigenvalue weighted by Gasteiger charge is -2.34. The molecule has 3 nitrogen and oxygen atoms in total. The number of aliphatic hydroxyl groups is 1. The smallest absolute Gasteiger partial charge is 0.161 e. The fourth-order valence-corrected chi connectivity index (χ4v) is 5.63. The molecule has 1 aliphatic heterocycles. The summed E-state index contributed by atoms with van der Waals surface area (Å²) in [5, 5.41) is 10.5. The summed E-state index contributed by atoms with van der Waals surface area (Å²) in [5.74, 6) is 0. The normalized spacial score (nSPS) is 24.7. The monoisotopic (exact) mass is 271 g/mol. The van der Waals surface area contributed by atoms with Crippen LogP contribution in [-0.4, -0.2) is 36.1 Å². The molecule has 0 spiro atoms. The van der Waals surface area contributed by atoms with Crippen LogP contribution in [0.5, 0.6) is 0 Å². The minimum Gasteiger partial charge on any atom is -0.395 e. The Morgan fingerprint density at radius 3 is 2.76 bits per heavy atom. The van der Waals surface area contributed by atoms with Crippen molar-refractivity contribution < 1.29 is 9.63 Å². The molecule has 2 rings (SSSR count). The van der Waals surface area contributed by atoms with Crippen molar-refractivity contribution in [1.82, 2.24) is 4.67 Å². The number of hydrogen-bond donors (Lipinski definition) is 1. The fraction of sp³-hybridized carbons (Fsp3) is 0.500. The van der Waals surface area contributed by atoms with Crippen molar-refractivity contribution in [2.24, 2.45) is 0 Å². The predicted octanol–water partition coefficient (Wildman–Crippen LogP) is 1.72. The third kappa shape index (κ3) is 2.47. The molecule has 17 heavy (non-hydrogen) atoms. The summed E-state index contributed by atoms with van der Waals surface area (Å²) in [5.41, 5.74) is 0. The Kier molecular flexibility index (Phi) is 4.34. The van der Waals surface area contributed by atoms with Gasteiger partial charge in [0, 0.05) is 25.0 Å². The third-order valence-electron chi connectivity index (χ3n) is 3.22. The minimum absolute atomic E-state index is 0.154. The van der Waals surface area contributed by atoms with E-state index in [9.17, 15) is 5.11 Å². The van der Waals surface area contributed by atoms with Gasteiger partial charge in [-0.3, -0.25) is 0 Å². The van der Waals surface area contributed by atoms with Gasteiger partial charge in [0.2, 0.25) is 0 Å². The van der Waals surface area contributed by atoms with Crippen molar-refractivity contribution in [2.75, 3.05) is 20.3 Å². The van der Waals surface area contributed by atoms with E-state index in [0.717, 1.165) is 24.7 Å². The molecule has 5 heteroatoms. The van der Waals surface area contributed by atoms with E-state index in [1.807, 2.05) is 30.3 Å². The van der Waals surface area contributed by atoms with E-state index in [1.54, 1.807) is 7.11 Å². The highest BCUT2D eigenvalue weighted by Crippen LogP contribution is 2.52. The zero-order valence-electron chi connectivity index (χ0n) is 9.95. The molecule has 1 aromatic carbocycles. The summed E-state index contributed by atoms with van der Waals surface area (Å²) in [6.07, 6.45) is -0.0781. The summed E-state index contributed by atoms with van der Waals surface area (Å²) >= 11 is 5.78. The summed E-state index contributed by atoms with van der Waals surface area (Å²) in [6, 6.07) is 10.2. The van der Waals surface area contributed by atoms with E-state index in [2.05, 4.69) is 4.67 Å². The van der Waals surface area contributed by atoms with Gasteiger partial charge in [0.1, 0.15) is 0 Å². The highest BCUT2D eigenvalue weighted by molar-refractivity contribution is 8.14. The van der Waals surface area contributed by atoms with Gasteiger partial charge in [0.25, 0.3) is 0 Å². The Balaban J connectivity index is 2.34. The van der Waals surface area contributed by atoms with Gasteiger partial charge in [-0.15, -0.1) is 0 Å². The van der Waals surface area contributed by atoms with Gasteiger partial charge < -0.3 is 9.63 Å². The van der Waals surface area contributed by atoms with Gasteiger partial charge in [-0.05, 0) is 24.6 Å². The molecule has 1 aromatic rings. The molecule has 1 unspecified atom stereocenters. The van der Waals surface area contributed by atoms with Crippen LogP contribution >= 0.6 is 6.42 Å². The average molecular weight is 271 g/mol. The number of benzene rings is 1.